The maximum atomic E-state index is 14.8. The van der Waals surface area contributed by atoms with Gasteiger partial charge in [0.2, 0.25) is 18.2 Å². The van der Waals surface area contributed by atoms with E-state index < -0.39 is 12.4 Å². The van der Waals surface area contributed by atoms with Gasteiger partial charge in [0, 0.05) is 52.4 Å². The number of nitrogens with zero attached hydrogens (tertiary/aromatic N) is 3. The second-order valence-electron chi connectivity index (χ2n) is 7.05. The fourth-order valence-electron chi connectivity index (χ4n) is 3.35. The van der Waals surface area contributed by atoms with Crippen molar-refractivity contribution in [3.63, 3.8) is 0 Å². The number of benzene rings is 1. The number of hydrogen-bond acceptors (Lipinski definition) is 6. The molecule has 1 aliphatic rings. The number of amides is 3. The van der Waals surface area contributed by atoms with Gasteiger partial charge in [0.05, 0.1) is 18.3 Å². The minimum absolute atomic E-state index is 0.142. The summed E-state index contributed by atoms with van der Waals surface area (Å²) in [6.45, 7) is 3.25. The Hall–Kier alpha value is -2.72. The number of halogens is 1. The van der Waals surface area contributed by atoms with Gasteiger partial charge in [-0.15, -0.1) is 0 Å². The summed E-state index contributed by atoms with van der Waals surface area (Å²) in [4.78, 5) is 38.9. The van der Waals surface area contributed by atoms with E-state index in [1.165, 1.54) is 25.0 Å². The van der Waals surface area contributed by atoms with Crippen molar-refractivity contribution in [2.75, 3.05) is 62.8 Å². The Bertz CT molecular complexity index is 740. The Kier molecular flexibility index (Phi) is 9.00. The highest BCUT2D eigenvalue weighted by Crippen LogP contribution is 2.26. The molecule has 1 aliphatic heterocycles. The number of aliphatic hydroxyl groups is 1. The fraction of sp³-hybridized carbons (Fsp3) is 0.550. The molecule has 1 atom stereocenters. The lowest BCUT2D eigenvalue weighted by molar-refractivity contribution is -0.134. The van der Waals surface area contributed by atoms with Crippen LogP contribution in [-0.4, -0.2) is 87.3 Å². The number of ether oxygens (including phenoxy) is 1. The summed E-state index contributed by atoms with van der Waals surface area (Å²) < 4.78 is 20.2. The van der Waals surface area contributed by atoms with Crippen LogP contribution >= 0.6 is 0 Å². The van der Waals surface area contributed by atoms with Gasteiger partial charge in [-0.2, -0.15) is 0 Å². The Labute approximate surface area is 175 Å². The van der Waals surface area contributed by atoms with Gasteiger partial charge in [-0.3, -0.25) is 14.4 Å². The van der Waals surface area contributed by atoms with Crippen LogP contribution in [0.2, 0.25) is 0 Å². The molecule has 166 valence electrons. The summed E-state index contributed by atoms with van der Waals surface area (Å²) in [7, 11) is 1.52. The molecule has 3 amide bonds. The zero-order chi connectivity index (χ0) is 22.1. The lowest BCUT2D eigenvalue weighted by Crippen LogP contribution is -2.49. The zero-order valence-corrected chi connectivity index (χ0v) is 17.3. The number of rotatable bonds is 10. The third-order valence-electron chi connectivity index (χ3n) is 5.07. The van der Waals surface area contributed by atoms with Crippen molar-refractivity contribution in [1.29, 1.82) is 0 Å². The van der Waals surface area contributed by atoms with Gasteiger partial charge < -0.3 is 29.9 Å². The molecule has 2 N–H and O–H groups in total. The van der Waals surface area contributed by atoms with Crippen molar-refractivity contribution < 1.29 is 28.6 Å². The Balaban J connectivity index is 2.01. The number of methoxy groups -OCH3 is 1. The number of nitrogens with one attached hydrogen (secondary N) is 1. The molecule has 1 heterocycles. The molecule has 1 saturated heterocycles. The molecule has 10 heteroatoms. The average molecular weight is 424 g/mol. The number of aliphatic hydroxyl groups excluding tert-OH is 1. The minimum Gasteiger partial charge on any atom is -0.387 e. The van der Waals surface area contributed by atoms with Crippen LogP contribution in [0.25, 0.3) is 0 Å². The van der Waals surface area contributed by atoms with E-state index in [-0.39, 0.29) is 24.5 Å². The standard InChI is InChI=1S/C20H29FN4O5/c1-15(28)22-6-5-17(30-2)12-25(14-27)16-3-4-19(18(21)11-16)23-7-9-24(10-8-23)20(29)13-26/h3-4,11,14,17,26H,5-10,12-13H2,1-2H3,(H,22,28)/t17-/m0/s1. The van der Waals surface area contributed by atoms with E-state index in [1.807, 2.05) is 4.90 Å². The smallest absolute Gasteiger partial charge is 0.248 e. The first kappa shape index (κ1) is 23.6. The number of carbonyl (C=O) groups excluding carboxylic acids is 3. The first-order chi connectivity index (χ1) is 14.4. The van der Waals surface area contributed by atoms with Gasteiger partial charge >= 0.3 is 0 Å². The molecule has 2 rings (SSSR count). The van der Waals surface area contributed by atoms with Gasteiger partial charge in [-0.05, 0) is 24.6 Å². The molecule has 0 bridgehead atoms. The van der Waals surface area contributed by atoms with Crippen LogP contribution in [0.3, 0.4) is 0 Å². The highest BCUT2D eigenvalue weighted by Gasteiger charge is 2.23. The summed E-state index contributed by atoms with van der Waals surface area (Å²) in [5, 5.41) is 11.6. The maximum Gasteiger partial charge on any atom is 0.248 e. The number of anilines is 2. The van der Waals surface area contributed by atoms with Crippen LogP contribution in [0.1, 0.15) is 13.3 Å². The molecule has 0 saturated carbocycles. The Morgan fingerprint density at radius 1 is 1.33 bits per heavy atom. The fourth-order valence-corrected chi connectivity index (χ4v) is 3.35. The topological polar surface area (TPSA) is 102 Å². The van der Waals surface area contributed by atoms with E-state index >= 15 is 0 Å². The van der Waals surface area contributed by atoms with Gasteiger partial charge in [-0.1, -0.05) is 0 Å². The zero-order valence-electron chi connectivity index (χ0n) is 17.3. The highest BCUT2D eigenvalue weighted by atomic mass is 19.1. The first-order valence-electron chi connectivity index (χ1n) is 9.81. The van der Waals surface area contributed by atoms with Crippen LogP contribution in [-0.2, 0) is 19.1 Å². The van der Waals surface area contributed by atoms with Gasteiger partial charge in [-0.25, -0.2) is 4.39 Å². The molecule has 0 spiro atoms. The van der Waals surface area contributed by atoms with E-state index in [1.54, 1.807) is 17.0 Å². The Morgan fingerprint density at radius 2 is 2.03 bits per heavy atom. The van der Waals surface area contributed by atoms with E-state index in [4.69, 9.17) is 9.84 Å². The first-order valence-corrected chi connectivity index (χ1v) is 9.81. The number of hydrogen-bond donors (Lipinski definition) is 2. The minimum atomic E-state index is -0.530. The molecule has 0 aliphatic carbocycles. The maximum absolute atomic E-state index is 14.8. The predicted molar refractivity (Wildman–Crippen MR) is 110 cm³/mol. The molecular formula is C20H29FN4O5. The van der Waals surface area contributed by atoms with Gasteiger partial charge in [0.1, 0.15) is 12.4 Å². The molecule has 0 aromatic heterocycles. The van der Waals surface area contributed by atoms with E-state index in [0.717, 1.165) is 0 Å². The third kappa shape index (κ3) is 6.39. The molecule has 9 nitrogen and oxygen atoms in total. The van der Waals surface area contributed by atoms with Gasteiger partial charge in [0.25, 0.3) is 0 Å². The van der Waals surface area contributed by atoms with Crippen LogP contribution < -0.4 is 15.1 Å². The molecule has 1 aromatic carbocycles. The molecular weight excluding hydrogens is 395 g/mol. The summed E-state index contributed by atoms with van der Waals surface area (Å²) >= 11 is 0. The second-order valence-corrected chi connectivity index (χ2v) is 7.05. The molecule has 1 aromatic rings. The van der Waals surface area contributed by atoms with E-state index in [2.05, 4.69) is 5.32 Å². The summed E-state index contributed by atoms with van der Waals surface area (Å²) in [5.41, 5.74) is 0.802. The molecule has 0 unspecified atom stereocenters. The van der Waals surface area contributed by atoms with Gasteiger partial charge in [0.15, 0.2) is 0 Å². The largest absolute Gasteiger partial charge is 0.387 e. The van der Waals surface area contributed by atoms with Crippen molar-refractivity contribution in [3.05, 3.63) is 24.0 Å². The van der Waals surface area contributed by atoms with Crippen molar-refractivity contribution >= 4 is 29.6 Å². The van der Waals surface area contributed by atoms with Crippen molar-refractivity contribution in [1.82, 2.24) is 10.2 Å². The van der Waals surface area contributed by atoms with Crippen LogP contribution in [0.4, 0.5) is 15.8 Å². The lowest BCUT2D eigenvalue weighted by Gasteiger charge is -2.36. The number of piperazine rings is 1. The SMILES string of the molecule is CO[C@@H](CCNC(C)=O)CN(C=O)c1ccc(N2CCN(C(=O)CO)CC2)c(F)c1. The second kappa shape index (κ2) is 11.5. The predicted octanol–water partition coefficient (Wildman–Crippen LogP) is -0.0294. The number of carbonyl (C=O) groups is 3. The highest BCUT2D eigenvalue weighted by molar-refractivity contribution is 5.78. The van der Waals surface area contributed by atoms with E-state index in [9.17, 15) is 18.8 Å². The summed E-state index contributed by atoms with van der Waals surface area (Å²) in [5.74, 6) is -0.942. The normalized spacial score (nSPS) is 14.9. The monoisotopic (exact) mass is 424 g/mol. The van der Waals surface area contributed by atoms with Crippen molar-refractivity contribution in [2.24, 2.45) is 0 Å². The van der Waals surface area contributed by atoms with Crippen LogP contribution in [0, 0.1) is 5.82 Å². The average Bonchev–Trinajstić information content (AvgIpc) is 2.75. The summed E-state index contributed by atoms with van der Waals surface area (Å²) in [6.07, 6.45) is 0.817. The van der Waals surface area contributed by atoms with Crippen LogP contribution in [0.5, 0.6) is 0 Å². The van der Waals surface area contributed by atoms with Crippen LogP contribution in [0.15, 0.2) is 18.2 Å². The van der Waals surface area contributed by atoms with Crippen molar-refractivity contribution in [3.8, 4) is 0 Å². The molecule has 30 heavy (non-hydrogen) atoms. The quantitative estimate of drug-likeness (QED) is 0.512. The summed E-state index contributed by atoms with van der Waals surface area (Å²) in [6, 6.07) is 4.58. The molecule has 1 fully saturated rings. The Morgan fingerprint density at radius 3 is 2.57 bits per heavy atom. The van der Waals surface area contributed by atoms with E-state index in [0.29, 0.717) is 56.9 Å². The van der Waals surface area contributed by atoms with Crippen molar-refractivity contribution in [2.45, 2.75) is 19.4 Å². The lowest BCUT2D eigenvalue weighted by atomic mass is 10.2. The molecule has 0 radical (unpaired) electrons. The third-order valence-corrected chi connectivity index (χ3v) is 5.07.